The smallest absolute Gasteiger partial charge is 0.407 e. The van der Waals surface area contributed by atoms with Gasteiger partial charge in [0.05, 0.1) is 17.9 Å². The highest BCUT2D eigenvalue weighted by molar-refractivity contribution is 5.80. The number of ether oxygens (including phenoxy) is 1. The largest absolute Gasteiger partial charge is 0.465 e. The minimum Gasteiger partial charge on any atom is -0.465 e. The van der Waals surface area contributed by atoms with Crippen LogP contribution in [0.1, 0.15) is 18.9 Å². The number of fused-ring (bicyclic) bond motifs is 1. The Hall–Kier alpha value is -4.09. The van der Waals surface area contributed by atoms with Gasteiger partial charge in [0.2, 0.25) is 5.88 Å². The molecule has 1 aliphatic rings. The van der Waals surface area contributed by atoms with E-state index in [0.717, 1.165) is 5.69 Å². The highest BCUT2D eigenvalue weighted by atomic mass is 16.5. The van der Waals surface area contributed by atoms with Gasteiger partial charge in [0.1, 0.15) is 23.8 Å². The van der Waals surface area contributed by atoms with Crippen molar-refractivity contribution in [1.29, 1.82) is 0 Å². The van der Waals surface area contributed by atoms with E-state index < -0.39 is 6.09 Å². The Balaban J connectivity index is 1.37. The van der Waals surface area contributed by atoms with Gasteiger partial charge in [0.15, 0.2) is 5.65 Å². The molecule has 0 spiro atoms. The summed E-state index contributed by atoms with van der Waals surface area (Å²) in [5.41, 5.74) is 1.47. The molecule has 30 heavy (non-hydrogen) atoms. The van der Waals surface area contributed by atoms with Gasteiger partial charge in [-0.1, -0.05) is 0 Å². The minimum absolute atomic E-state index is 0.0800. The van der Waals surface area contributed by atoms with Gasteiger partial charge in [-0.05, 0) is 47.5 Å². The van der Waals surface area contributed by atoms with Crippen LogP contribution in [0.25, 0.3) is 16.7 Å². The predicted octanol–water partition coefficient (Wildman–Crippen LogP) is 1.91. The maximum absolute atomic E-state index is 11.1. The summed E-state index contributed by atoms with van der Waals surface area (Å²) in [5, 5.41) is 25.4. The number of amides is 1. The van der Waals surface area contributed by atoms with Gasteiger partial charge in [-0.3, -0.25) is 0 Å². The lowest BCUT2D eigenvalue weighted by atomic mass is 10.1. The van der Waals surface area contributed by atoms with Gasteiger partial charge in [0.25, 0.3) is 0 Å². The van der Waals surface area contributed by atoms with Gasteiger partial charge in [-0.25, -0.2) is 24.1 Å². The molecule has 12 nitrogen and oxygen atoms in total. The zero-order valence-corrected chi connectivity index (χ0v) is 15.7. The van der Waals surface area contributed by atoms with E-state index in [9.17, 15) is 4.79 Å². The minimum atomic E-state index is -0.886. The number of aromatic nitrogens is 8. The summed E-state index contributed by atoms with van der Waals surface area (Å²) in [4.78, 5) is 21.2. The maximum atomic E-state index is 11.1. The molecule has 1 amide bonds. The summed E-state index contributed by atoms with van der Waals surface area (Å²) in [5.74, 6) is 1.01. The molecule has 3 aromatic heterocycles. The van der Waals surface area contributed by atoms with Crippen LogP contribution in [-0.2, 0) is 0 Å². The number of hydrogen-bond donors (Lipinski definition) is 1. The molecule has 0 aliphatic carbocycles. The fourth-order valence-corrected chi connectivity index (χ4v) is 3.55. The highest BCUT2D eigenvalue weighted by Crippen LogP contribution is 2.30. The second-order valence-corrected chi connectivity index (χ2v) is 6.86. The van der Waals surface area contributed by atoms with Crippen molar-refractivity contribution in [1.82, 2.24) is 44.9 Å². The van der Waals surface area contributed by atoms with E-state index >= 15 is 0 Å². The molecule has 0 bridgehead atoms. The van der Waals surface area contributed by atoms with E-state index in [-0.39, 0.29) is 6.04 Å². The number of carboxylic acid groups (broad SMARTS) is 1. The van der Waals surface area contributed by atoms with E-state index in [1.165, 1.54) is 17.6 Å². The van der Waals surface area contributed by atoms with Crippen LogP contribution in [0.5, 0.6) is 11.6 Å². The zero-order chi connectivity index (χ0) is 20.5. The van der Waals surface area contributed by atoms with Crippen molar-refractivity contribution < 1.29 is 14.6 Å². The van der Waals surface area contributed by atoms with Gasteiger partial charge in [0, 0.05) is 13.1 Å². The van der Waals surface area contributed by atoms with Gasteiger partial charge in [-0.2, -0.15) is 5.10 Å². The summed E-state index contributed by atoms with van der Waals surface area (Å²) in [7, 11) is 0. The fourth-order valence-electron chi connectivity index (χ4n) is 3.55. The fraction of sp³-hybridized carbons (Fsp3) is 0.278. The third-order valence-corrected chi connectivity index (χ3v) is 5.10. The molecule has 152 valence electrons. The predicted molar refractivity (Wildman–Crippen MR) is 102 cm³/mol. The molecule has 12 heteroatoms. The Morgan fingerprint density at radius 1 is 1.13 bits per heavy atom. The first-order valence-electron chi connectivity index (χ1n) is 9.36. The Morgan fingerprint density at radius 2 is 1.93 bits per heavy atom. The van der Waals surface area contributed by atoms with E-state index in [1.54, 1.807) is 23.0 Å². The van der Waals surface area contributed by atoms with Crippen molar-refractivity contribution >= 4 is 17.1 Å². The van der Waals surface area contributed by atoms with E-state index in [2.05, 4.69) is 30.6 Å². The average molecular weight is 407 g/mol. The summed E-state index contributed by atoms with van der Waals surface area (Å²) in [6, 6.07) is 7.36. The molecule has 1 aromatic carbocycles. The number of nitrogens with zero attached hydrogens (tertiary/aromatic N) is 9. The molecule has 5 rings (SSSR count). The number of hydrogen-bond acceptors (Lipinski definition) is 8. The highest BCUT2D eigenvalue weighted by Gasteiger charge is 2.26. The summed E-state index contributed by atoms with van der Waals surface area (Å²) >= 11 is 0. The first kappa shape index (κ1) is 18.0. The first-order valence-corrected chi connectivity index (χ1v) is 9.36. The molecule has 0 atom stereocenters. The number of benzene rings is 1. The molecule has 4 heterocycles. The van der Waals surface area contributed by atoms with Crippen LogP contribution in [0.15, 0.2) is 43.1 Å². The molecule has 4 aromatic rings. The molecule has 1 fully saturated rings. The first-order chi connectivity index (χ1) is 14.7. The number of rotatable bonds is 4. The summed E-state index contributed by atoms with van der Waals surface area (Å²) in [6.45, 7) is 0.951. The Kier molecular flexibility index (Phi) is 4.42. The van der Waals surface area contributed by atoms with Crippen LogP contribution in [0.2, 0.25) is 0 Å². The van der Waals surface area contributed by atoms with Crippen LogP contribution < -0.4 is 4.74 Å². The van der Waals surface area contributed by atoms with Crippen LogP contribution in [0.4, 0.5) is 4.79 Å². The van der Waals surface area contributed by atoms with Gasteiger partial charge < -0.3 is 14.7 Å². The lowest BCUT2D eigenvalue weighted by Crippen LogP contribution is -2.38. The molecule has 1 N–H and O–H groups in total. The lowest BCUT2D eigenvalue weighted by Gasteiger charge is -2.30. The topological polar surface area (TPSA) is 137 Å². The summed E-state index contributed by atoms with van der Waals surface area (Å²) < 4.78 is 9.35. The van der Waals surface area contributed by atoms with Crippen molar-refractivity contribution in [2.24, 2.45) is 0 Å². The Morgan fingerprint density at radius 3 is 2.63 bits per heavy atom. The molecule has 0 radical (unpaired) electrons. The quantitative estimate of drug-likeness (QED) is 0.537. The van der Waals surface area contributed by atoms with Crippen LogP contribution in [-0.4, -0.2) is 69.1 Å². The average Bonchev–Trinajstić information content (AvgIpc) is 3.45. The van der Waals surface area contributed by atoms with Crippen molar-refractivity contribution in [3.8, 4) is 17.3 Å². The SMILES string of the molecule is O=C(O)N1CCC(n2ncc3c(Oc4ccc(-n5cnnn5)cc4)ncnc32)CC1. The molecule has 0 saturated carbocycles. The van der Waals surface area contributed by atoms with Crippen LogP contribution in [0, 0.1) is 0 Å². The number of likely N-dealkylation sites (tertiary alicyclic amines) is 1. The standard InChI is InChI=1S/C18H17N9O3/c28-18(29)25-7-5-13(6-8-25)27-16-15(9-22-27)17(20-10-19-16)30-14-3-1-12(2-4-14)26-11-21-23-24-26/h1-4,9-11,13H,5-8H2,(H,28,29). The molecule has 1 saturated heterocycles. The second-order valence-electron chi connectivity index (χ2n) is 6.86. The molecular weight excluding hydrogens is 390 g/mol. The molecular formula is C18H17N9O3. The molecule has 0 unspecified atom stereocenters. The van der Waals surface area contributed by atoms with E-state index in [0.29, 0.717) is 48.6 Å². The lowest BCUT2D eigenvalue weighted by molar-refractivity contribution is 0.124. The van der Waals surface area contributed by atoms with Crippen molar-refractivity contribution in [3.05, 3.63) is 43.1 Å². The van der Waals surface area contributed by atoms with Gasteiger partial charge >= 0.3 is 6.09 Å². The summed E-state index contributed by atoms with van der Waals surface area (Å²) in [6.07, 6.45) is 5.12. The van der Waals surface area contributed by atoms with E-state index in [1.807, 2.05) is 16.8 Å². The van der Waals surface area contributed by atoms with Gasteiger partial charge in [-0.15, -0.1) is 5.10 Å². The second kappa shape index (κ2) is 7.39. The zero-order valence-electron chi connectivity index (χ0n) is 15.7. The third-order valence-electron chi connectivity index (χ3n) is 5.10. The molecule has 1 aliphatic heterocycles. The number of tetrazole rings is 1. The van der Waals surface area contributed by atoms with E-state index in [4.69, 9.17) is 9.84 Å². The number of carbonyl (C=O) groups is 1. The third kappa shape index (κ3) is 3.27. The maximum Gasteiger partial charge on any atom is 0.407 e. The monoisotopic (exact) mass is 407 g/mol. The van der Waals surface area contributed by atoms with Crippen molar-refractivity contribution in [2.75, 3.05) is 13.1 Å². The normalized spacial score (nSPS) is 14.9. The van der Waals surface area contributed by atoms with Crippen LogP contribution >= 0.6 is 0 Å². The Labute approximate surface area is 169 Å². The Bertz CT molecular complexity index is 1170. The van der Waals surface area contributed by atoms with Crippen LogP contribution in [0.3, 0.4) is 0 Å². The van der Waals surface area contributed by atoms with Crippen molar-refractivity contribution in [3.63, 3.8) is 0 Å². The van der Waals surface area contributed by atoms with Crippen molar-refractivity contribution in [2.45, 2.75) is 18.9 Å². The number of piperidine rings is 1.